The van der Waals surface area contributed by atoms with Gasteiger partial charge in [-0.1, -0.05) is 15.9 Å². The number of carbonyl (C=O) groups excluding carboxylic acids is 3. The van der Waals surface area contributed by atoms with E-state index < -0.39 is 18.5 Å². The lowest BCUT2D eigenvalue weighted by Gasteiger charge is -2.12. The number of anilines is 2. The second kappa shape index (κ2) is 11.8. The molecule has 0 radical (unpaired) electrons. The van der Waals surface area contributed by atoms with Crippen molar-refractivity contribution in [3.8, 4) is 11.5 Å². The number of halogens is 1. The molecule has 0 atom stereocenters. The molecule has 0 heterocycles. The Bertz CT molecular complexity index is 886. The first-order valence-electron chi connectivity index (χ1n) is 9.14. The molecule has 2 aromatic rings. The van der Waals surface area contributed by atoms with Crippen LogP contribution in [0.2, 0.25) is 0 Å². The van der Waals surface area contributed by atoms with Crippen LogP contribution in [0.15, 0.2) is 46.9 Å². The zero-order valence-corrected chi connectivity index (χ0v) is 18.3. The predicted octanol–water partition coefficient (Wildman–Crippen LogP) is 3.76. The highest BCUT2D eigenvalue weighted by Gasteiger charge is 2.12. The van der Waals surface area contributed by atoms with Crippen molar-refractivity contribution in [2.24, 2.45) is 0 Å². The summed E-state index contributed by atoms with van der Waals surface area (Å²) in [5.41, 5.74) is 1.08. The summed E-state index contributed by atoms with van der Waals surface area (Å²) >= 11 is 3.32. The number of rotatable bonds is 10. The summed E-state index contributed by atoms with van der Waals surface area (Å²) in [6, 6.07) is 12.1. The largest absolute Gasteiger partial charge is 0.497 e. The van der Waals surface area contributed by atoms with Crippen molar-refractivity contribution < 1.29 is 28.6 Å². The van der Waals surface area contributed by atoms with E-state index >= 15 is 0 Å². The van der Waals surface area contributed by atoms with E-state index in [1.54, 1.807) is 30.3 Å². The molecule has 0 unspecified atom stereocenters. The van der Waals surface area contributed by atoms with Crippen LogP contribution in [-0.2, 0) is 19.1 Å². The molecule has 2 aromatic carbocycles. The highest BCUT2D eigenvalue weighted by Crippen LogP contribution is 2.28. The van der Waals surface area contributed by atoms with E-state index in [1.807, 2.05) is 12.1 Å². The number of esters is 1. The van der Waals surface area contributed by atoms with E-state index in [4.69, 9.17) is 14.2 Å². The molecule has 30 heavy (non-hydrogen) atoms. The summed E-state index contributed by atoms with van der Waals surface area (Å²) in [6.07, 6.45) is 0.508. The average molecular weight is 479 g/mol. The summed E-state index contributed by atoms with van der Waals surface area (Å²) < 4.78 is 16.2. The predicted molar refractivity (Wildman–Crippen MR) is 116 cm³/mol. The number of amides is 2. The summed E-state index contributed by atoms with van der Waals surface area (Å²) in [7, 11) is 2.98. The fourth-order valence-electron chi connectivity index (χ4n) is 2.47. The van der Waals surface area contributed by atoms with Gasteiger partial charge in [0.25, 0.3) is 5.91 Å². The molecule has 160 valence electrons. The highest BCUT2D eigenvalue weighted by atomic mass is 79.9. The van der Waals surface area contributed by atoms with Gasteiger partial charge >= 0.3 is 5.97 Å². The summed E-state index contributed by atoms with van der Waals surface area (Å²) in [5.74, 6) is -0.271. The van der Waals surface area contributed by atoms with Crippen LogP contribution in [0, 0.1) is 0 Å². The van der Waals surface area contributed by atoms with Gasteiger partial charge in [0.15, 0.2) is 6.61 Å². The minimum atomic E-state index is -0.556. The number of methoxy groups -OCH3 is 2. The standard InChI is InChI=1S/C21H23BrN2O6/c1-28-16-10-11-18(29-2)17(12-16)24-20(26)13-30-21(27)5-3-4-19(25)23-15-8-6-14(22)7-9-15/h6-12H,3-5,13H2,1-2H3,(H,23,25)(H,24,26). The van der Waals surface area contributed by atoms with E-state index in [2.05, 4.69) is 26.6 Å². The second-order valence-electron chi connectivity index (χ2n) is 6.18. The molecule has 0 aromatic heterocycles. The molecule has 8 nitrogen and oxygen atoms in total. The number of carbonyl (C=O) groups is 3. The minimum absolute atomic E-state index is 0.0313. The molecule has 0 aliphatic carbocycles. The van der Waals surface area contributed by atoms with Gasteiger partial charge in [-0.05, 0) is 42.8 Å². The van der Waals surface area contributed by atoms with Crippen LogP contribution in [0.4, 0.5) is 11.4 Å². The van der Waals surface area contributed by atoms with Crippen LogP contribution in [0.3, 0.4) is 0 Å². The van der Waals surface area contributed by atoms with Crippen LogP contribution < -0.4 is 20.1 Å². The highest BCUT2D eigenvalue weighted by molar-refractivity contribution is 9.10. The number of hydrogen-bond donors (Lipinski definition) is 2. The summed E-state index contributed by atoms with van der Waals surface area (Å²) in [5, 5.41) is 5.35. The Kier molecular flexibility index (Phi) is 9.14. The number of benzene rings is 2. The third-order valence-corrected chi connectivity index (χ3v) is 4.49. The Morgan fingerprint density at radius 1 is 0.900 bits per heavy atom. The Balaban J connectivity index is 1.69. The van der Waals surface area contributed by atoms with E-state index in [-0.39, 0.29) is 18.7 Å². The molecular formula is C21H23BrN2O6. The molecular weight excluding hydrogens is 456 g/mol. The van der Waals surface area contributed by atoms with Crippen molar-refractivity contribution in [1.29, 1.82) is 0 Å². The van der Waals surface area contributed by atoms with Crippen molar-refractivity contribution in [1.82, 2.24) is 0 Å². The first kappa shape index (κ1) is 23.2. The SMILES string of the molecule is COc1ccc(OC)c(NC(=O)COC(=O)CCCC(=O)Nc2ccc(Br)cc2)c1. The average Bonchev–Trinajstić information content (AvgIpc) is 2.74. The third kappa shape index (κ3) is 7.75. The minimum Gasteiger partial charge on any atom is -0.497 e. The topological polar surface area (TPSA) is 103 Å². The van der Waals surface area contributed by atoms with E-state index in [0.717, 1.165) is 4.47 Å². The maximum atomic E-state index is 12.0. The van der Waals surface area contributed by atoms with Gasteiger partial charge in [-0.3, -0.25) is 14.4 Å². The molecule has 0 spiro atoms. The smallest absolute Gasteiger partial charge is 0.306 e. The Morgan fingerprint density at radius 3 is 2.30 bits per heavy atom. The van der Waals surface area contributed by atoms with E-state index in [9.17, 15) is 14.4 Å². The van der Waals surface area contributed by atoms with Gasteiger partial charge in [-0.2, -0.15) is 0 Å². The van der Waals surface area contributed by atoms with E-state index in [1.165, 1.54) is 14.2 Å². The molecule has 2 rings (SSSR count). The molecule has 9 heteroatoms. The van der Waals surface area contributed by atoms with Gasteiger partial charge in [0, 0.05) is 29.1 Å². The zero-order valence-electron chi connectivity index (χ0n) is 16.7. The van der Waals surface area contributed by atoms with Crippen LogP contribution in [0.5, 0.6) is 11.5 Å². The quantitative estimate of drug-likeness (QED) is 0.504. The zero-order chi connectivity index (χ0) is 21.9. The van der Waals surface area contributed by atoms with Crippen LogP contribution in [0.1, 0.15) is 19.3 Å². The maximum Gasteiger partial charge on any atom is 0.306 e. The van der Waals surface area contributed by atoms with Crippen molar-refractivity contribution in [2.45, 2.75) is 19.3 Å². The molecule has 2 N–H and O–H groups in total. The fourth-order valence-corrected chi connectivity index (χ4v) is 2.73. The maximum absolute atomic E-state index is 12.0. The number of ether oxygens (including phenoxy) is 3. The Morgan fingerprint density at radius 2 is 1.63 bits per heavy atom. The van der Waals surface area contributed by atoms with Gasteiger partial charge in [-0.25, -0.2) is 0 Å². The van der Waals surface area contributed by atoms with E-state index in [0.29, 0.717) is 29.3 Å². The normalized spacial score (nSPS) is 10.1. The summed E-state index contributed by atoms with van der Waals surface area (Å²) in [4.78, 5) is 35.8. The molecule has 0 bridgehead atoms. The lowest BCUT2D eigenvalue weighted by Crippen LogP contribution is -2.21. The Hall–Kier alpha value is -3.07. The molecule has 0 saturated heterocycles. The van der Waals surface area contributed by atoms with Crippen molar-refractivity contribution in [3.63, 3.8) is 0 Å². The van der Waals surface area contributed by atoms with Gasteiger partial charge in [-0.15, -0.1) is 0 Å². The molecule has 0 fully saturated rings. The van der Waals surface area contributed by atoms with Crippen molar-refractivity contribution in [2.75, 3.05) is 31.5 Å². The van der Waals surface area contributed by atoms with Crippen molar-refractivity contribution in [3.05, 3.63) is 46.9 Å². The third-order valence-electron chi connectivity index (χ3n) is 3.96. The van der Waals surface area contributed by atoms with Crippen LogP contribution in [-0.4, -0.2) is 38.6 Å². The van der Waals surface area contributed by atoms with Gasteiger partial charge in [0.1, 0.15) is 11.5 Å². The Labute approximate surface area is 183 Å². The second-order valence-corrected chi connectivity index (χ2v) is 7.10. The lowest BCUT2D eigenvalue weighted by atomic mass is 10.2. The van der Waals surface area contributed by atoms with Crippen LogP contribution in [0.25, 0.3) is 0 Å². The molecule has 2 amide bonds. The number of nitrogens with one attached hydrogen (secondary N) is 2. The van der Waals surface area contributed by atoms with Gasteiger partial charge in [0.05, 0.1) is 19.9 Å². The monoisotopic (exact) mass is 478 g/mol. The molecule has 0 saturated carbocycles. The lowest BCUT2D eigenvalue weighted by molar-refractivity contribution is -0.147. The molecule has 0 aliphatic rings. The molecule has 0 aliphatic heterocycles. The fraction of sp³-hybridized carbons (Fsp3) is 0.286. The summed E-state index contributed by atoms with van der Waals surface area (Å²) in [6.45, 7) is -0.440. The van der Waals surface area contributed by atoms with Gasteiger partial charge in [0.2, 0.25) is 5.91 Å². The van der Waals surface area contributed by atoms with Crippen LogP contribution >= 0.6 is 15.9 Å². The first-order chi connectivity index (χ1) is 14.4. The number of hydrogen-bond acceptors (Lipinski definition) is 6. The first-order valence-corrected chi connectivity index (χ1v) is 9.93. The van der Waals surface area contributed by atoms with Crippen molar-refractivity contribution >= 4 is 45.1 Å². The van der Waals surface area contributed by atoms with Gasteiger partial charge < -0.3 is 24.8 Å².